The summed E-state index contributed by atoms with van der Waals surface area (Å²) in [6, 6.07) is 5.00. The molecule has 6 nitrogen and oxygen atoms in total. The lowest BCUT2D eigenvalue weighted by molar-refractivity contribution is 0.175. The van der Waals surface area contributed by atoms with E-state index in [4.69, 9.17) is 0 Å². The number of aliphatic hydroxyl groups excluding tert-OH is 1. The molecule has 1 aromatic heterocycles. The Hall–Kier alpha value is -2.06. The van der Waals surface area contributed by atoms with Gasteiger partial charge in [0.05, 0.1) is 6.10 Å². The summed E-state index contributed by atoms with van der Waals surface area (Å²) in [5, 5.41) is 24.2. The average molecular weight is 338 g/mol. The van der Waals surface area contributed by atoms with Crippen molar-refractivity contribution in [3.8, 4) is 0 Å². The number of hydrogen-bond donors (Lipinski definition) is 3. The molecule has 1 aromatic carbocycles. The number of rotatable bonds is 6. The molecule has 0 fully saturated rings. The molecule has 0 bridgehead atoms. The number of hydrogen-bond acceptors (Lipinski definition) is 5. The third kappa shape index (κ3) is 5.57. The minimum Gasteiger partial charge on any atom is -0.387 e. The van der Waals surface area contributed by atoms with Gasteiger partial charge in [0.15, 0.2) is 0 Å². The summed E-state index contributed by atoms with van der Waals surface area (Å²) in [5.41, 5.74) is 0.529. The van der Waals surface area contributed by atoms with Crippen LogP contribution in [0.2, 0.25) is 0 Å². The summed E-state index contributed by atoms with van der Waals surface area (Å²) >= 11 is 1.32. The van der Waals surface area contributed by atoms with Crippen LogP contribution in [0.15, 0.2) is 24.3 Å². The van der Waals surface area contributed by atoms with Crippen LogP contribution in [0.5, 0.6) is 0 Å². The maximum absolute atomic E-state index is 12.8. The first-order valence-electron chi connectivity index (χ1n) is 7.25. The Morgan fingerprint density at radius 3 is 2.65 bits per heavy atom. The van der Waals surface area contributed by atoms with Crippen LogP contribution >= 0.6 is 11.3 Å². The molecule has 124 valence electrons. The number of nitrogens with one attached hydrogen (secondary N) is 2. The molecule has 0 spiro atoms. The number of amides is 2. The zero-order valence-corrected chi connectivity index (χ0v) is 13.7. The van der Waals surface area contributed by atoms with Crippen molar-refractivity contribution < 1.29 is 14.3 Å². The lowest BCUT2D eigenvalue weighted by atomic mass is 10.1. The van der Waals surface area contributed by atoms with Crippen LogP contribution in [-0.4, -0.2) is 27.9 Å². The van der Waals surface area contributed by atoms with E-state index < -0.39 is 12.1 Å². The molecule has 23 heavy (non-hydrogen) atoms. The molecule has 0 radical (unpaired) electrons. The molecule has 2 amide bonds. The minimum atomic E-state index is -0.910. The highest BCUT2D eigenvalue weighted by Crippen LogP contribution is 2.18. The predicted molar refractivity (Wildman–Crippen MR) is 86.8 cm³/mol. The number of carbonyl (C=O) groups excluding carboxylic acids is 1. The highest BCUT2D eigenvalue weighted by molar-refractivity contribution is 7.15. The van der Waals surface area contributed by atoms with Crippen molar-refractivity contribution in [3.05, 3.63) is 40.7 Å². The second kappa shape index (κ2) is 7.98. The molecule has 8 heteroatoms. The molecule has 0 saturated carbocycles. The fourth-order valence-corrected chi connectivity index (χ4v) is 2.82. The Bertz CT molecular complexity index is 645. The molecule has 2 aromatic rings. The smallest absolute Gasteiger partial charge is 0.321 e. The number of urea groups is 1. The van der Waals surface area contributed by atoms with Crippen molar-refractivity contribution in [2.24, 2.45) is 5.92 Å². The minimum absolute atomic E-state index is 0.00905. The van der Waals surface area contributed by atoms with E-state index >= 15 is 0 Å². The summed E-state index contributed by atoms with van der Waals surface area (Å²) in [7, 11) is 0. The van der Waals surface area contributed by atoms with E-state index in [-0.39, 0.29) is 12.4 Å². The van der Waals surface area contributed by atoms with Crippen LogP contribution in [0.25, 0.3) is 0 Å². The van der Waals surface area contributed by atoms with Crippen molar-refractivity contribution >= 4 is 22.5 Å². The van der Waals surface area contributed by atoms with Crippen LogP contribution in [-0.2, 0) is 6.42 Å². The number of aliphatic hydroxyl groups is 1. The van der Waals surface area contributed by atoms with Crippen LogP contribution < -0.4 is 10.6 Å². The quantitative estimate of drug-likeness (QED) is 0.756. The Morgan fingerprint density at radius 1 is 1.30 bits per heavy atom. The molecule has 1 heterocycles. The van der Waals surface area contributed by atoms with Gasteiger partial charge in [-0.05, 0) is 23.6 Å². The van der Waals surface area contributed by atoms with Gasteiger partial charge in [0.1, 0.15) is 10.8 Å². The van der Waals surface area contributed by atoms with E-state index in [9.17, 15) is 14.3 Å². The summed E-state index contributed by atoms with van der Waals surface area (Å²) in [6.07, 6.45) is -0.100. The number of carbonyl (C=O) groups is 1. The zero-order valence-electron chi connectivity index (χ0n) is 12.9. The first-order valence-corrected chi connectivity index (χ1v) is 8.06. The van der Waals surface area contributed by atoms with Gasteiger partial charge in [0.25, 0.3) is 0 Å². The van der Waals surface area contributed by atoms with Crippen molar-refractivity contribution in [2.75, 3.05) is 11.9 Å². The van der Waals surface area contributed by atoms with Crippen molar-refractivity contribution in [1.29, 1.82) is 0 Å². The number of aromatic nitrogens is 2. The Labute approximate surface area is 137 Å². The van der Waals surface area contributed by atoms with E-state index in [1.54, 1.807) is 0 Å². The second-order valence-electron chi connectivity index (χ2n) is 5.50. The standard InChI is InChI=1S/C15H19FN4O2S/c1-9(2)7-13-19-20-15(23-13)18-14(22)17-8-12(21)10-3-5-11(16)6-4-10/h3-6,9,12,21H,7-8H2,1-2H3,(H2,17,18,20,22). The highest BCUT2D eigenvalue weighted by atomic mass is 32.1. The maximum Gasteiger partial charge on any atom is 0.321 e. The van der Waals surface area contributed by atoms with Crippen LogP contribution in [0.3, 0.4) is 0 Å². The molecule has 0 saturated heterocycles. The summed E-state index contributed by atoms with van der Waals surface area (Å²) in [6.45, 7) is 4.17. The first-order chi connectivity index (χ1) is 10.9. The topological polar surface area (TPSA) is 87.1 Å². The normalized spacial score (nSPS) is 12.2. The molecule has 2 rings (SSSR count). The van der Waals surface area contributed by atoms with E-state index in [2.05, 4.69) is 34.7 Å². The van der Waals surface area contributed by atoms with Crippen molar-refractivity contribution in [3.63, 3.8) is 0 Å². The molecular formula is C15H19FN4O2S. The monoisotopic (exact) mass is 338 g/mol. The van der Waals surface area contributed by atoms with Gasteiger partial charge < -0.3 is 10.4 Å². The highest BCUT2D eigenvalue weighted by Gasteiger charge is 2.12. The van der Waals surface area contributed by atoms with Gasteiger partial charge >= 0.3 is 6.03 Å². The van der Waals surface area contributed by atoms with Gasteiger partial charge in [0.2, 0.25) is 5.13 Å². The van der Waals surface area contributed by atoms with E-state index in [0.29, 0.717) is 16.6 Å². The van der Waals surface area contributed by atoms with E-state index in [1.165, 1.54) is 35.6 Å². The summed E-state index contributed by atoms with van der Waals surface area (Å²) in [5.74, 6) is 0.0932. The van der Waals surface area contributed by atoms with Crippen molar-refractivity contribution in [1.82, 2.24) is 15.5 Å². The number of anilines is 1. The van der Waals surface area contributed by atoms with Gasteiger partial charge in [-0.15, -0.1) is 10.2 Å². The van der Waals surface area contributed by atoms with Gasteiger partial charge in [-0.25, -0.2) is 9.18 Å². The molecule has 1 unspecified atom stereocenters. The molecular weight excluding hydrogens is 319 g/mol. The first kappa shape index (κ1) is 17.3. The molecule has 0 aliphatic heterocycles. The van der Waals surface area contributed by atoms with Gasteiger partial charge in [-0.3, -0.25) is 5.32 Å². The van der Waals surface area contributed by atoms with Crippen LogP contribution in [0.4, 0.5) is 14.3 Å². The predicted octanol–water partition coefficient (Wildman–Crippen LogP) is 2.73. The second-order valence-corrected chi connectivity index (χ2v) is 6.56. The van der Waals surface area contributed by atoms with Gasteiger partial charge in [-0.1, -0.05) is 37.3 Å². The molecule has 1 atom stereocenters. The van der Waals surface area contributed by atoms with Gasteiger partial charge in [-0.2, -0.15) is 0 Å². The molecule has 3 N–H and O–H groups in total. The van der Waals surface area contributed by atoms with Crippen molar-refractivity contribution in [2.45, 2.75) is 26.4 Å². The van der Waals surface area contributed by atoms with Crippen LogP contribution in [0, 0.1) is 11.7 Å². The molecule has 0 aliphatic rings. The SMILES string of the molecule is CC(C)Cc1nnc(NC(=O)NCC(O)c2ccc(F)cc2)s1. The largest absolute Gasteiger partial charge is 0.387 e. The third-order valence-electron chi connectivity index (χ3n) is 2.98. The maximum atomic E-state index is 12.8. The third-order valence-corrected chi connectivity index (χ3v) is 3.84. The fraction of sp³-hybridized carbons (Fsp3) is 0.400. The van der Waals surface area contributed by atoms with E-state index in [1.807, 2.05) is 0 Å². The summed E-state index contributed by atoms with van der Waals surface area (Å²) in [4.78, 5) is 11.8. The lowest BCUT2D eigenvalue weighted by Gasteiger charge is -2.12. The number of halogens is 1. The average Bonchev–Trinajstić information content (AvgIpc) is 2.91. The Balaban J connectivity index is 1.80. The summed E-state index contributed by atoms with van der Waals surface area (Å²) < 4.78 is 12.8. The number of nitrogens with zero attached hydrogens (tertiary/aromatic N) is 2. The fourth-order valence-electron chi connectivity index (χ4n) is 1.87. The zero-order chi connectivity index (χ0) is 16.8. The van der Waals surface area contributed by atoms with Crippen LogP contribution in [0.1, 0.15) is 30.5 Å². The van der Waals surface area contributed by atoms with Gasteiger partial charge in [0, 0.05) is 13.0 Å². The Kier molecular flexibility index (Phi) is 6.00. The van der Waals surface area contributed by atoms with E-state index in [0.717, 1.165) is 11.4 Å². The Morgan fingerprint density at radius 2 is 2.00 bits per heavy atom. The lowest BCUT2D eigenvalue weighted by Crippen LogP contribution is -2.32. The molecule has 0 aliphatic carbocycles. The number of benzene rings is 1.